The Morgan fingerprint density at radius 1 is 0.778 bits per heavy atom. The Balaban J connectivity index is 1.73. The molecule has 0 atom stereocenters. The fourth-order valence-electron chi connectivity index (χ4n) is 1.41. The third-order valence-corrected chi connectivity index (χ3v) is 2.84. The summed E-state index contributed by atoms with van der Waals surface area (Å²) in [5.41, 5.74) is 6.32. The molecule has 0 unspecified atom stereocenters. The minimum absolute atomic E-state index is 0.500. The number of benzene rings is 2. The molecule has 4 heteroatoms. The molecule has 18 heavy (non-hydrogen) atoms. The summed E-state index contributed by atoms with van der Waals surface area (Å²) >= 11 is 3.37. The van der Waals surface area contributed by atoms with Gasteiger partial charge in [-0.25, -0.2) is 0 Å². The van der Waals surface area contributed by atoms with Crippen LogP contribution in [0.2, 0.25) is 0 Å². The first-order chi connectivity index (χ1) is 8.74. The van der Waals surface area contributed by atoms with E-state index in [9.17, 15) is 0 Å². The molecular formula is C14H14BrNO2. The highest BCUT2D eigenvalue weighted by molar-refractivity contribution is 9.10. The molecule has 94 valence electrons. The van der Waals surface area contributed by atoms with E-state index in [1.165, 1.54) is 0 Å². The smallest absolute Gasteiger partial charge is 0.122 e. The number of halogens is 1. The van der Waals surface area contributed by atoms with Crippen molar-refractivity contribution in [1.82, 2.24) is 0 Å². The van der Waals surface area contributed by atoms with Crippen molar-refractivity contribution >= 4 is 21.6 Å². The standard InChI is InChI=1S/C14H14BrNO2/c15-11-1-5-13(6-2-11)17-9-10-18-14-7-3-12(16)4-8-14/h1-8H,9-10,16H2. The van der Waals surface area contributed by atoms with Gasteiger partial charge < -0.3 is 15.2 Å². The monoisotopic (exact) mass is 307 g/mol. The zero-order valence-corrected chi connectivity index (χ0v) is 11.4. The summed E-state index contributed by atoms with van der Waals surface area (Å²) < 4.78 is 12.1. The fourth-order valence-corrected chi connectivity index (χ4v) is 1.68. The van der Waals surface area contributed by atoms with Gasteiger partial charge in [0.25, 0.3) is 0 Å². The van der Waals surface area contributed by atoms with E-state index in [0.717, 1.165) is 21.7 Å². The Bertz CT molecular complexity index is 435. The predicted molar refractivity (Wildman–Crippen MR) is 76.0 cm³/mol. The molecule has 2 aromatic carbocycles. The molecule has 0 fully saturated rings. The van der Waals surface area contributed by atoms with E-state index in [4.69, 9.17) is 15.2 Å². The molecule has 0 aliphatic heterocycles. The zero-order chi connectivity index (χ0) is 12.8. The Labute approximate surface area is 115 Å². The highest BCUT2D eigenvalue weighted by Crippen LogP contribution is 2.16. The topological polar surface area (TPSA) is 44.5 Å². The van der Waals surface area contributed by atoms with Gasteiger partial charge in [-0.1, -0.05) is 15.9 Å². The van der Waals surface area contributed by atoms with Crippen LogP contribution in [0.5, 0.6) is 11.5 Å². The van der Waals surface area contributed by atoms with E-state index >= 15 is 0 Å². The van der Waals surface area contributed by atoms with Gasteiger partial charge in [-0.3, -0.25) is 0 Å². The van der Waals surface area contributed by atoms with Crippen LogP contribution < -0.4 is 15.2 Å². The molecule has 0 amide bonds. The van der Waals surface area contributed by atoms with Gasteiger partial charge in [0.2, 0.25) is 0 Å². The molecule has 2 N–H and O–H groups in total. The minimum Gasteiger partial charge on any atom is -0.490 e. The first kappa shape index (κ1) is 12.8. The van der Waals surface area contributed by atoms with Gasteiger partial charge in [-0.15, -0.1) is 0 Å². The highest BCUT2D eigenvalue weighted by atomic mass is 79.9. The van der Waals surface area contributed by atoms with Crippen molar-refractivity contribution in [1.29, 1.82) is 0 Å². The lowest BCUT2D eigenvalue weighted by Crippen LogP contribution is -2.08. The molecule has 0 aliphatic rings. The minimum atomic E-state index is 0.500. The summed E-state index contributed by atoms with van der Waals surface area (Å²) in [6.07, 6.45) is 0. The quantitative estimate of drug-likeness (QED) is 0.679. The van der Waals surface area contributed by atoms with Crippen LogP contribution in [0.4, 0.5) is 5.69 Å². The van der Waals surface area contributed by atoms with Crippen LogP contribution in [-0.4, -0.2) is 13.2 Å². The molecule has 0 radical (unpaired) electrons. The molecule has 3 nitrogen and oxygen atoms in total. The van der Waals surface area contributed by atoms with Crippen LogP contribution in [0.25, 0.3) is 0 Å². The number of hydrogen-bond acceptors (Lipinski definition) is 3. The van der Waals surface area contributed by atoms with Gasteiger partial charge in [0.1, 0.15) is 24.7 Å². The second-order valence-corrected chi connectivity index (χ2v) is 4.64. The van der Waals surface area contributed by atoms with E-state index in [0.29, 0.717) is 13.2 Å². The lowest BCUT2D eigenvalue weighted by molar-refractivity contribution is 0.217. The average Bonchev–Trinajstić information content (AvgIpc) is 2.39. The number of nitrogen functional groups attached to an aromatic ring is 1. The predicted octanol–water partition coefficient (Wildman–Crippen LogP) is 3.49. The van der Waals surface area contributed by atoms with E-state index in [2.05, 4.69) is 15.9 Å². The molecule has 2 aromatic rings. The van der Waals surface area contributed by atoms with Crippen molar-refractivity contribution in [2.45, 2.75) is 0 Å². The third kappa shape index (κ3) is 3.96. The van der Waals surface area contributed by atoms with Crippen molar-refractivity contribution in [3.63, 3.8) is 0 Å². The van der Waals surface area contributed by atoms with E-state index in [-0.39, 0.29) is 0 Å². The molecule has 0 saturated heterocycles. The number of hydrogen-bond donors (Lipinski definition) is 1. The molecule has 0 saturated carbocycles. The average molecular weight is 308 g/mol. The first-order valence-corrected chi connectivity index (χ1v) is 6.40. The Morgan fingerprint density at radius 3 is 1.72 bits per heavy atom. The lowest BCUT2D eigenvalue weighted by atomic mass is 10.3. The summed E-state index contributed by atoms with van der Waals surface area (Å²) in [4.78, 5) is 0. The van der Waals surface area contributed by atoms with Gasteiger partial charge in [-0.2, -0.15) is 0 Å². The van der Waals surface area contributed by atoms with Crippen molar-refractivity contribution in [2.24, 2.45) is 0 Å². The molecule has 0 heterocycles. The molecule has 2 rings (SSSR count). The Morgan fingerprint density at radius 2 is 1.22 bits per heavy atom. The molecule has 0 aliphatic carbocycles. The van der Waals surface area contributed by atoms with E-state index in [1.54, 1.807) is 0 Å². The molecule has 0 bridgehead atoms. The van der Waals surface area contributed by atoms with Crippen molar-refractivity contribution in [3.8, 4) is 11.5 Å². The number of nitrogens with two attached hydrogens (primary N) is 1. The number of rotatable bonds is 5. The maximum absolute atomic E-state index is 5.59. The normalized spacial score (nSPS) is 10.1. The van der Waals surface area contributed by atoms with Crippen LogP contribution >= 0.6 is 15.9 Å². The Kier molecular flexibility index (Phi) is 4.47. The maximum Gasteiger partial charge on any atom is 0.122 e. The second kappa shape index (κ2) is 6.31. The van der Waals surface area contributed by atoms with Crippen LogP contribution in [0.3, 0.4) is 0 Å². The first-order valence-electron chi connectivity index (χ1n) is 5.61. The highest BCUT2D eigenvalue weighted by Gasteiger charge is 1.96. The summed E-state index contributed by atoms with van der Waals surface area (Å²) in [6.45, 7) is 1.01. The van der Waals surface area contributed by atoms with Crippen molar-refractivity contribution in [3.05, 3.63) is 53.0 Å². The molecule has 0 aromatic heterocycles. The fraction of sp³-hybridized carbons (Fsp3) is 0.143. The zero-order valence-electron chi connectivity index (χ0n) is 9.80. The van der Waals surface area contributed by atoms with Crippen LogP contribution in [-0.2, 0) is 0 Å². The van der Waals surface area contributed by atoms with Crippen LogP contribution in [0.1, 0.15) is 0 Å². The third-order valence-electron chi connectivity index (χ3n) is 2.31. The number of ether oxygens (including phenoxy) is 2. The maximum atomic E-state index is 5.59. The SMILES string of the molecule is Nc1ccc(OCCOc2ccc(Br)cc2)cc1. The lowest BCUT2D eigenvalue weighted by Gasteiger charge is -2.08. The largest absolute Gasteiger partial charge is 0.490 e. The van der Waals surface area contributed by atoms with E-state index < -0.39 is 0 Å². The summed E-state index contributed by atoms with van der Waals surface area (Å²) in [5, 5.41) is 0. The summed E-state index contributed by atoms with van der Waals surface area (Å²) in [7, 11) is 0. The second-order valence-electron chi connectivity index (χ2n) is 3.72. The summed E-state index contributed by atoms with van der Waals surface area (Å²) in [6, 6.07) is 15.0. The Hall–Kier alpha value is -1.68. The van der Waals surface area contributed by atoms with Gasteiger partial charge in [0.15, 0.2) is 0 Å². The van der Waals surface area contributed by atoms with Gasteiger partial charge in [0.05, 0.1) is 0 Å². The summed E-state index contributed by atoms with van der Waals surface area (Å²) in [5.74, 6) is 1.63. The molecular weight excluding hydrogens is 294 g/mol. The van der Waals surface area contributed by atoms with Gasteiger partial charge >= 0.3 is 0 Å². The van der Waals surface area contributed by atoms with Crippen LogP contribution in [0.15, 0.2) is 53.0 Å². The van der Waals surface area contributed by atoms with Crippen LogP contribution in [0, 0.1) is 0 Å². The van der Waals surface area contributed by atoms with Crippen molar-refractivity contribution in [2.75, 3.05) is 18.9 Å². The van der Waals surface area contributed by atoms with Crippen molar-refractivity contribution < 1.29 is 9.47 Å². The van der Waals surface area contributed by atoms with Gasteiger partial charge in [0, 0.05) is 10.2 Å². The molecule has 0 spiro atoms. The van der Waals surface area contributed by atoms with E-state index in [1.807, 2.05) is 48.5 Å². The van der Waals surface area contributed by atoms with Gasteiger partial charge in [-0.05, 0) is 48.5 Å². The number of anilines is 1.